The van der Waals surface area contributed by atoms with Gasteiger partial charge in [0.15, 0.2) is 0 Å². The SMILES string of the molecule is CCc1c(C)c(C(=O)OC)c(O)c(-c2c(C)c(CC)c(C)c(C(=O)OC)c2O)c1C. The van der Waals surface area contributed by atoms with Crippen LogP contribution in [-0.2, 0) is 22.3 Å². The third kappa shape index (κ3) is 3.40. The van der Waals surface area contributed by atoms with E-state index in [0.717, 1.165) is 22.3 Å². The molecule has 0 spiro atoms. The van der Waals surface area contributed by atoms with Crippen molar-refractivity contribution in [3.05, 3.63) is 44.5 Å². The standard InChI is InChI=1S/C24H30O6/c1-9-15-11(3)17(21(25)19(13(15)5)23(27)29-7)18-12(4)16(10-2)14(6)20(22(18)26)24(28)30-8/h25-26H,9-10H2,1-8H3. The first kappa shape index (κ1) is 23.3. The Balaban J connectivity index is 3.15. The van der Waals surface area contributed by atoms with E-state index >= 15 is 0 Å². The monoisotopic (exact) mass is 414 g/mol. The minimum absolute atomic E-state index is 0.0620. The molecule has 6 heteroatoms. The van der Waals surface area contributed by atoms with Crippen molar-refractivity contribution >= 4 is 11.9 Å². The summed E-state index contributed by atoms with van der Waals surface area (Å²) in [5.41, 5.74) is 5.27. The number of rotatable bonds is 5. The summed E-state index contributed by atoms with van der Waals surface area (Å²) in [5, 5.41) is 22.3. The normalized spacial score (nSPS) is 10.8. The second-order valence-corrected chi connectivity index (χ2v) is 7.34. The Morgan fingerprint density at radius 1 is 0.667 bits per heavy atom. The highest BCUT2D eigenvalue weighted by molar-refractivity contribution is 6.02. The first-order chi connectivity index (χ1) is 14.1. The summed E-state index contributed by atoms with van der Waals surface area (Å²) in [5.74, 6) is -1.86. The van der Waals surface area contributed by atoms with Gasteiger partial charge in [-0.25, -0.2) is 9.59 Å². The van der Waals surface area contributed by atoms with E-state index in [1.165, 1.54) is 14.2 Å². The van der Waals surface area contributed by atoms with Gasteiger partial charge in [0.05, 0.1) is 14.2 Å². The number of hydrogen-bond acceptors (Lipinski definition) is 6. The van der Waals surface area contributed by atoms with E-state index in [2.05, 4.69) is 0 Å². The Labute approximate surface area is 177 Å². The lowest BCUT2D eigenvalue weighted by molar-refractivity contribution is 0.0586. The third-order valence-electron chi connectivity index (χ3n) is 5.99. The number of methoxy groups -OCH3 is 2. The molecule has 0 saturated heterocycles. The number of carbonyl (C=O) groups is 2. The largest absolute Gasteiger partial charge is 0.506 e. The highest BCUT2D eigenvalue weighted by Crippen LogP contribution is 2.48. The van der Waals surface area contributed by atoms with Gasteiger partial charge in [-0.05, 0) is 73.9 Å². The maximum atomic E-state index is 12.5. The maximum absolute atomic E-state index is 12.5. The van der Waals surface area contributed by atoms with Gasteiger partial charge in [0.2, 0.25) is 0 Å². The van der Waals surface area contributed by atoms with E-state index in [0.29, 0.717) is 35.1 Å². The van der Waals surface area contributed by atoms with Crippen LogP contribution < -0.4 is 0 Å². The lowest BCUT2D eigenvalue weighted by atomic mass is 9.82. The zero-order chi connectivity index (χ0) is 22.9. The molecule has 30 heavy (non-hydrogen) atoms. The summed E-state index contributed by atoms with van der Waals surface area (Å²) < 4.78 is 9.79. The van der Waals surface area contributed by atoms with Gasteiger partial charge in [-0.2, -0.15) is 0 Å². The number of aromatic hydroxyl groups is 2. The second-order valence-electron chi connectivity index (χ2n) is 7.34. The van der Waals surface area contributed by atoms with Crippen LogP contribution in [0.25, 0.3) is 11.1 Å². The Kier molecular flexibility index (Phi) is 6.80. The Hall–Kier alpha value is -3.02. The molecular formula is C24H30O6. The maximum Gasteiger partial charge on any atom is 0.341 e. The number of ether oxygens (including phenoxy) is 2. The molecule has 0 fully saturated rings. The van der Waals surface area contributed by atoms with Gasteiger partial charge in [-0.1, -0.05) is 13.8 Å². The van der Waals surface area contributed by atoms with Gasteiger partial charge in [-0.3, -0.25) is 0 Å². The molecule has 0 saturated carbocycles. The second kappa shape index (κ2) is 8.78. The topological polar surface area (TPSA) is 93.1 Å². The molecule has 162 valence electrons. The smallest absolute Gasteiger partial charge is 0.341 e. The lowest BCUT2D eigenvalue weighted by Crippen LogP contribution is -2.12. The number of phenolic OH excluding ortho intramolecular Hbond substituents is 2. The zero-order valence-electron chi connectivity index (χ0n) is 18.9. The first-order valence-electron chi connectivity index (χ1n) is 9.95. The van der Waals surface area contributed by atoms with Crippen LogP contribution in [-0.4, -0.2) is 36.4 Å². The summed E-state index contributed by atoms with van der Waals surface area (Å²) >= 11 is 0. The van der Waals surface area contributed by atoms with Gasteiger partial charge >= 0.3 is 11.9 Å². The van der Waals surface area contributed by atoms with E-state index in [1.807, 2.05) is 27.7 Å². The number of carbonyl (C=O) groups excluding carboxylic acids is 2. The summed E-state index contributed by atoms with van der Waals surface area (Å²) in [7, 11) is 2.51. The van der Waals surface area contributed by atoms with Crippen LogP contribution in [0.1, 0.15) is 67.9 Å². The van der Waals surface area contributed by atoms with Crippen molar-refractivity contribution in [1.29, 1.82) is 0 Å². The molecular weight excluding hydrogens is 384 g/mol. The predicted molar refractivity (Wildman–Crippen MR) is 116 cm³/mol. The average molecular weight is 414 g/mol. The van der Waals surface area contributed by atoms with E-state index in [-0.39, 0.29) is 22.6 Å². The highest BCUT2D eigenvalue weighted by Gasteiger charge is 2.30. The molecule has 2 aromatic carbocycles. The minimum Gasteiger partial charge on any atom is -0.506 e. The molecule has 2 N–H and O–H groups in total. The Morgan fingerprint density at radius 3 is 1.20 bits per heavy atom. The van der Waals surface area contributed by atoms with Crippen LogP contribution in [0.4, 0.5) is 0 Å². The number of phenols is 2. The molecule has 0 atom stereocenters. The van der Waals surface area contributed by atoms with Crippen LogP contribution >= 0.6 is 0 Å². The highest BCUT2D eigenvalue weighted by atomic mass is 16.5. The Bertz CT molecular complexity index is 950. The van der Waals surface area contributed by atoms with E-state index < -0.39 is 11.9 Å². The lowest BCUT2D eigenvalue weighted by Gasteiger charge is -2.24. The van der Waals surface area contributed by atoms with Crippen molar-refractivity contribution in [1.82, 2.24) is 0 Å². The van der Waals surface area contributed by atoms with Crippen molar-refractivity contribution in [2.24, 2.45) is 0 Å². The fraction of sp³-hybridized carbons (Fsp3) is 0.417. The molecule has 2 rings (SSSR count). The van der Waals surface area contributed by atoms with E-state index in [4.69, 9.17) is 9.47 Å². The van der Waals surface area contributed by atoms with Crippen LogP contribution in [0.5, 0.6) is 11.5 Å². The quantitative estimate of drug-likeness (QED) is 0.689. The molecule has 0 amide bonds. The number of hydrogen-bond donors (Lipinski definition) is 2. The van der Waals surface area contributed by atoms with Crippen LogP contribution in [0.3, 0.4) is 0 Å². The fourth-order valence-corrected chi connectivity index (χ4v) is 4.50. The van der Waals surface area contributed by atoms with Crippen molar-refractivity contribution in [2.45, 2.75) is 54.4 Å². The third-order valence-corrected chi connectivity index (χ3v) is 5.99. The zero-order valence-corrected chi connectivity index (χ0v) is 18.9. The molecule has 0 aromatic heterocycles. The molecule has 0 aliphatic heterocycles. The van der Waals surface area contributed by atoms with Gasteiger partial charge < -0.3 is 19.7 Å². The van der Waals surface area contributed by atoms with E-state index in [1.54, 1.807) is 13.8 Å². The summed E-state index contributed by atoms with van der Waals surface area (Å²) in [4.78, 5) is 24.9. The average Bonchev–Trinajstić information content (AvgIpc) is 2.70. The van der Waals surface area contributed by atoms with Crippen molar-refractivity contribution in [3.63, 3.8) is 0 Å². The first-order valence-corrected chi connectivity index (χ1v) is 9.95. The van der Waals surface area contributed by atoms with Gasteiger partial charge in [0.1, 0.15) is 22.6 Å². The minimum atomic E-state index is -0.658. The molecule has 0 heterocycles. The molecule has 6 nitrogen and oxygen atoms in total. The molecule has 2 aromatic rings. The van der Waals surface area contributed by atoms with Crippen molar-refractivity contribution in [2.75, 3.05) is 14.2 Å². The van der Waals surface area contributed by atoms with Crippen molar-refractivity contribution < 1.29 is 29.3 Å². The van der Waals surface area contributed by atoms with Crippen LogP contribution in [0, 0.1) is 27.7 Å². The molecule has 0 radical (unpaired) electrons. The number of esters is 2. The van der Waals surface area contributed by atoms with Gasteiger partial charge in [-0.15, -0.1) is 0 Å². The van der Waals surface area contributed by atoms with E-state index in [9.17, 15) is 19.8 Å². The van der Waals surface area contributed by atoms with Gasteiger partial charge in [0.25, 0.3) is 0 Å². The van der Waals surface area contributed by atoms with Gasteiger partial charge in [0, 0.05) is 11.1 Å². The Morgan fingerprint density at radius 2 is 0.967 bits per heavy atom. The summed E-state index contributed by atoms with van der Waals surface area (Å²) in [6, 6.07) is 0. The van der Waals surface area contributed by atoms with Crippen LogP contribution in [0.15, 0.2) is 0 Å². The van der Waals surface area contributed by atoms with Crippen LogP contribution in [0.2, 0.25) is 0 Å². The molecule has 0 bridgehead atoms. The summed E-state index contributed by atoms with van der Waals surface area (Å²) in [6.45, 7) is 11.1. The molecule has 0 unspecified atom stereocenters. The molecule has 0 aliphatic rings. The molecule has 0 aliphatic carbocycles. The summed E-state index contributed by atoms with van der Waals surface area (Å²) in [6.07, 6.45) is 1.23. The van der Waals surface area contributed by atoms with Crippen molar-refractivity contribution in [3.8, 4) is 22.6 Å². The number of benzene rings is 2. The predicted octanol–water partition coefficient (Wildman–Crippen LogP) is 4.70. The fourth-order valence-electron chi connectivity index (χ4n) is 4.50.